The van der Waals surface area contributed by atoms with E-state index < -0.39 is 0 Å². The fraction of sp³-hybridized carbons (Fsp3) is 0.684. The Labute approximate surface area is 130 Å². The Kier molecular flexibility index (Phi) is 6.25. The zero-order valence-electron chi connectivity index (χ0n) is 14.2. The average Bonchev–Trinajstić information content (AvgIpc) is 2.45. The summed E-state index contributed by atoms with van der Waals surface area (Å²) < 4.78 is 0. The van der Waals surface area contributed by atoms with Gasteiger partial charge in [0.25, 0.3) is 0 Å². The largest absolute Gasteiger partial charge is 0.312 e. The Balaban J connectivity index is 1.99. The fourth-order valence-corrected chi connectivity index (χ4v) is 3.24. The summed E-state index contributed by atoms with van der Waals surface area (Å²) in [6, 6.07) is 9.63. The third-order valence-electron chi connectivity index (χ3n) is 4.86. The van der Waals surface area contributed by atoms with Gasteiger partial charge in [-0.05, 0) is 55.8 Å². The molecule has 0 aliphatic carbocycles. The molecule has 0 amide bonds. The highest BCUT2D eigenvalue weighted by atomic mass is 15.2. The molecule has 1 aliphatic heterocycles. The second kappa shape index (κ2) is 7.95. The van der Waals surface area contributed by atoms with E-state index in [0.717, 1.165) is 25.6 Å². The molecular formula is C19H32N2. The number of rotatable bonds is 6. The van der Waals surface area contributed by atoms with Gasteiger partial charge >= 0.3 is 0 Å². The molecule has 0 aromatic heterocycles. The molecule has 0 spiro atoms. The van der Waals surface area contributed by atoms with Crippen molar-refractivity contribution in [2.45, 2.75) is 59.7 Å². The molecule has 1 aromatic rings. The molecule has 2 atom stereocenters. The van der Waals surface area contributed by atoms with E-state index in [-0.39, 0.29) is 0 Å². The maximum Gasteiger partial charge on any atom is 0.0239 e. The molecule has 0 radical (unpaired) electrons. The van der Waals surface area contributed by atoms with E-state index in [2.05, 4.69) is 62.2 Å². The van der Waals surface area contributed by atoms with Crippen molar-refractivity contribution >= 4 is 0 Å². The van der Waals surface area contributed by atoms with E-state index in [1.807, 2.05) is 0 Å². The Bertz CT molecular complexity index is 427. The van der Waals surface area contributed by atoms with Crippen molar-refractivity contribution < 1.29 is 0 Å². The van der Waals surface area contributed by atoms with Crippen molar-refractivity contribution in [3.05, 3.63) is 35.4 Å². The number of benzene rings is 1. The van der Waals surface area contributed by atoms with Gasteiger partial charge in [-0.2, -0.15) is 0 Å². The lowest BCUT2D eigenvalue weighted by Gasteiger charge is -2.38. The van der Waals surface area contributed by atoms with Gasteiger partial charge in [0.15, 0.2) is 0 Å². The number of hydrogen-bond acceptors (Lipinski definition) is 2. The highest BCUT2D eigenvalue weighted by molar-refractivity contribution is 5.27. The number of nitrogens with zero attached hydrogens (tertiary/aromatic N) is 1. The Morgan fingerprint density at radius 2 is 1.90 bits per heavy atom. The molecular weight excluding hydrogens is 256 g/mol. The second-order valence-electron chi connectivity index (χ2n) is 7.12. The van der Waals surface area contributed by atoms with Crippen LogP contribution in [0.15, 0.2) is 24.3 Å². The number of piperidine rings is 1. The van der Waals surface area contributed by atoms with Crippen LogP contribution in [0.4, 0.5) is 0 Å². The molecule has 118 valence electrons. The van der Waals surface area contributed by atoms with Gasteiger partial charge < -0.3 is 5.32 Å². The highest BCUT2D eigenvalue weighted by Gasteiger charge is 2.24. The standard InChI is InChI=1S/C19H32N2/c1-15(2)12-20-13-18-9-5-6-10-19(18)14-21-11-7-8-16(3)17(21)4/h5-6,9-10,15-17,20H,7-8,11-14H2,1-4H3. The number of nitrogens with one attached hydrogen (secondary N) is 1. The molecule has 1 N–H and O–H groups in total. The molecule has 21 heavy (non-hydrogen) atoms. The minimum atomic E-state index is 0.704. The fourth-order valence-electron chi connectivity index (χ4n) is 3.24. The van der Waals surface area contributed by atoms with Crippen LogP contribution in [0.5, 0.6) is 0 Å². The molecule has 0 bridgehead atoms. The highest BCUT2D eigenvalue weighted by Crippen LogP contribution is 2.25. The molecule has 2 nitrogen and oxygen atoms in total. The Hall–Kier alpha value is -0.860. The van der Waals surface area contributed by atoms with E-state index in [0.29, 0.717) is 12.0 Å². The van der Waals surface area contributed by atoms with Crippen molar-refractivity contribution in [3.63, 3.8) is 0 Å². The minimum Gasteiger partial charge on any atom is -0.312 e. The van der Waals surface area contributed by atoms with Crippen LogP contribution < -0.4 is 5.32 Å². The summed E-state index contributed by atoms with van der Waals surface area (Å²) >= 11 is 0. The van der Waals surface area contributed by atoms with Gasteiger partial charge in [0, 0.05) is 19.1 Å². The third kappa shape index (κ3) is 4.82. The molecule has 0 saturated carbocycles. The first-order chi connectivity index (χ1) is 10.1. The van der Waals surface area contributed by atoms with Crippen LogP contribution in [0, 0.1) is 11.8 Å². The van der Waals surface area contributed by atoms with E-state index in [4.69, 9.17) is 0 Å². The molecule has 1 fully saturated rings. The Morgan fingerprint density at radius 3 is 2.62 bits per heavy atom. The van der Waals surface area contributed by atoms with Crippen molar-refractivity contribution in [2.75, 3.05) is 13.1 Å². The van der Waals surface area contributed by atoms with E-state index in [1.54, 1.807) is 0 Å². The monoisotopic (exact) mass is 288 g/mol. The van der Waals surface area contributed by atoms with Gasteiger partial charge in [-0.25, -0.2) is 0 Å². The van der Waals surface area contributed by atoms with Gasteiger partial charge in [-0.3, -0.25) is 4.90 Å². The molecule has 1 saturated heterocycles. The molecule has 1 aromatic carbocycles. The van der Waals surface area contributed by atoms with Crippen molar-refractivity contribution in [1.82, 2.24) is 10.2 Å². The van der Waals surface area contributed by atoms with Crippen LogP contribution in [0.25, 0.3) is 0 Å². The predicted molar refractivity (Wildman–Crippen MR) is 91.3 cm³/mol. The van der Waals surface area contributed by atoms with Gasteiger partial charge in [-0.15, -0.1) is 0 Å². The summed E-state index contributed by atoms with van der Waals surface area (Å²) in [7, 11) is 0. The van der Waals surface area contributed by atoms with Crippen molar-refractivity contribution in [1.29, 1.82) is 0 Å². The van der Waals surface area contributed by atoms with Gasteiger partial charge in [0.05, 0.1) is 0 Å². The van der Waals surface area contributed by atoms with E-state index in [9.17, 15) is 0 Å². The SMILES string of the molecule is CC(C)CNCc1ccccc1CN1CCCC(C)C1C. The summed E-state index contributed by atoms with van der Waals surface area (Å²) in [5.74, 6) is 1.53. The van der Waals surface area contributed by atoms with Crippen LogP contribution in [-0.4, -0.2) is 24.0 Å². The summed E-state index contributed by atoms with van der Waals surface area (Å²) in [5, 5.41) is 3.58. The maximum atomic E-state index is 3.58. The smallest absolute Gasteiger partial charge is 0.0239 e. The first-order valence-electron chi connectivity index (χ1n) is 8.59. The lowest BCUT2D eigenvalue weighted by Crippen LogP contribution is -2.41. The first-order valence-corrected chi connectivity index (χ1v) is 8.59. The quantitative estimate of drug-likeness (QED) is 0.849. The first kappa shape index (κ1) is 16.5. The summed E-state index contributed by atoms with van der Waals surface area (Å²) in [4.78, 5) is 2.66. The second-order valence-corrected chi connectivity index (χ2v) is 7.12. The van der Waals surface area contributed by atoms with Crippen molar-refractivity contribution in [3.8, 4) is 0 Å². The molecule has 1 aliphatic rings. The van der Waals surface area contributed by atoms with Crippen LogP contribution in [-0.2, 0) is 13.1 Å². The van der Waals surface area contributed by atoms with Gasteiger partial charge in [0.1, 0.15) is 0 Å². The lowest BCUT2D eigenvalue weighted by atomic mass is 9.91. The topological polar surface area (TPSA) is 15.3 Å². The Morgan fingerprint density at radius 1 is 1.19 bits per heavy atom. The average molecular weight is 288 g/mol. The maximum absolute atomic E-state index is 3.58. The van der Waals surface area contributed by atoms with E-state index in [1.165, 1.54) is 30.5 Å². The van der Waals surface area contributed by atoms with Crippen LogP contribution in [0.2, 0.25) is 0 Å². The summed E-state index contributed by atoms with van der Waals surface area (Å²) in [6.07, 6.45) is 2.73. The molecule has 1 heterocycles. The van der Waals surface area contributed by atoms with Crippen molar-refractivity contribution in [2.24, 2.45) is 11.8 Å². The van der Waals surface area contributed by atoms with Crippen LogP contribution in [0.3, 0.4) is 0 Å². The zero-order chi connectivity index (χ0) is 15.2. The third-order valence-corrected chi connectivity index (χ3v) is 4.86. The molecule has 2 heteroatoms. The minimum absolute atomic E-state index is 0.704. The van der Waals surface area contributed by atoms with Crippen LogP contribution in [0.1, 0.15) is 51.7 Å². The summed E-state index contributed by atoms with van der Waals surface area (Å²) in [6.45, 7) is 13.7. The molecule has 2 unspecified atom stereocenters. The molecule has 2 rings (SSSR count). The number of hydrogen-bond donors (Lipinski definition) is 1. The lowest BCUT2D eigenvalue weighted by molar-refractivity contribution is 0.106. The number of likely N-dealkylation sites (tertiary alicyclic amines) is 1. The van der Waals surface area contributed by atoms with Gasteiger partial charge in [-0.1, -0.05) is 45.0 Å². The van der Waals surface area contributed by atoms with Crippen LogP contribution >= 0.6 is 0 Å². The normalized spacial score (nSPS) is 23.7. The predicted octanol–water partition coefficient (Wildman–Crippen LogP) is 4.05. The van der Waals surface area contributed by atoms with E-state index >= 15 is 0 Å². The zero-order valence-corrected chi connectivity index (χ0v) is 14.2. The summed E-state index contributed by atoms with van der Waals surface area (Å²) in [5.41, 5.74) is 2.96. The van der Waals surface area contributed by atoms with Gasteiger partial charge in [0.2, 0.25) is 0 Å².